The summed E-state index contributed by atoms with van der Waals surface area (Å²) in [7, 11) is 0. The van der Waals surface area contributed by atoms with E-state index in [4.69, 9.17) is 4.74 Å². The van der Waals surface area contributed by atoms with Crippen molar-refractivity contribution >= 4 is 6.09 Å². The topological polar surface area (TPSA) is 41.6 Å². The minimum absolute atomic E-state index is 0.215. The highest BCUT2D eigenvalue weighted by atomic mass is 16.5. The van der Waals surface area contributed by atoms with Gasteiger partial charge in [-0.25, -0.2) is 4.79 Å². The molecular weight excluding hydrogens is 204 g/mol. The van der Waals surface area contributed by atoms with Crippen LogP contribution in [-0.4, -0.2) is 43.3 Å². The summed E-state index contributed by atoms with van der Waals surface area (Å²) in [5.41, 5.74) is 1.16. The molecule has 0 aliphatic carbocycles. The van der Waals surface area contributed by atoms with Gasteiger partial charge in [-0.15, -0.1) is 0 Å². The number of carbonyl (C=O) groups excluding carboxylic acids is 1. The van der Waals surface area contributed by atoms with Crippen LogP contribution in [0.1, 0.15) is 26.7 Å². The van der Waals surface area contributed by atoms with E-state index in [9.17, 15) is 4.79 Å². The molecule has 1 rings (SSSR count). The third-order valence-corrected chi connectivity index (χ3v) is 2.60. The zero-order valence-electron chi connectivity index (χ0n) is 10.3. The van der Waals surface area contributed by atoms with Crippen LogP contribution in [0.15, 0.2) is 12.2 Å². The maximum atomic E-state index is 11.3. The van der Waals surface area contributed by atoms with Gasteiger partial charge < -0.3 is 10.1 Å². The first-order chi connectivity index (χ1) is 7.61. The molecular formula is C12H22N2O2. The van der Waals surface area contributed by atoms with Gasteiger partial charge in [-0.3, -0.25) is 4.90 Å². The van der Waals surface area contributed by atoms with Crippen molar-refractivity contribution in [1.82, 2.24) is 10.2 Å². The van der Waals surface area contributed by atoms with Crippen LogP contribution in [0.3, 0.4) is 0 Å². The molecule has 4 nitrogen and oxygen atoms in total. The van der Waals surface area contributed by atoms with E-state index in [0.717, 1.165) is 38.0 Å². The maximum absolute atomic E-state index is 11.3. The van der Waals surface area contributed by atoms with Crippen molar-refractivity contribution in [2.75, 3.05) is 26.2 Å². The number of hydrogen-bond donors (Lipinski definition) is 1. The third kappa shape index (κ3) is 4.66. The predicted molar refractivity (Wildman–Crippen MR) is 64.4 cm³/mol. The monoisotopic (exact) mass is 226 g/mol. The second-order valence-corrected chi connectivity index (χ2v) is 4.40. The van der Waals surface area contributed by atoms with E-state index in [1.54, 1.807) is 0 Å². The summed E-state index contributed by atoms with van der Waals surface area (Å²) in [5.74, 6) is 0. The van der Waals surface area contributed by atoms with Gasteiger partial charge in [-0.05, 0) is 33.2 Å². The molecule has 0 aromatic heterocycles. The molecule has 1 amide bonds. The van der Waals surface area contributed by atoms with Gasteiger partial charge in [-0.2, -0.15) is 0 Å². The average molecular weight is 226 g/mol. The molecule has 1 aliphatic rings. The Morgan fingerprint density at radius 3 is 3.00 bits per heavy atom. The fourth-order valence-electron chi connectivity index (χ4n) is 2.04. The van der Waals surface area contributed by atoms with Crippen LogP contribution < -0.4 is 5.32 Å². The van der Waals surface area contributed by atoms with E-state index in [0.29, 0.717) is 6.61 Å². The van der Waals surface area contributed by atoms with Gasteiger partial charge in [0.15, 0.2) is 0 Å². The molecule has 0 unspecified atom stereocenters. The zero-order chi connectivity index (χ0) is 12.0. The maximum Gasteiger partial charge on any atom is 0.407 e. The Kier molecular flexibility index (Phi) is 5.32. The van der Waals surface area contributed by atoms with Gasteiger partial charge in [0.05, 0.1) is 6.61 Å². The van der Waals surface area contributed by atoms with E-state index >= 15 is 0 Å². The summed E-state index contributed by atoms with van der Waals surface area (Å²) in [6, 6.07) is 0.215. The summed E-state index contributed by atoms with van der Waals surface area (Å²) >= 11 is 0. The fourth-order valence-corrected chi connectivity index (χ4v) is 2.04. The molecule has 1 fully saturated rings. The number of nitrogens with one attached hydrogen (secondary N) is 1. The molecule has 0 saturated carbocycles. The summed E-state index contributed by atoms with van der Waals surface area (Å²) in [6.45, 7) is 11.1. The van der Waals surface area contributed by atoms with Gasteiger partial charge in [0.1, 0.15) is 0 Å². The Labute approximate surface area is 97.6 Å². The number of likely N-dealkylation sites (tertiary alicyclic amines) is 1. The summed E-state index contributed by atoms with van der Waals surface area (Å²) in [4.78, 5) is 13.6. The van der Waals surface area contributed by atoms with Gasteiger partial charge in [0.2, 0.25) is 0 Å². The number of alkyl carbamates (subject to hydrolysis) is 1. The molecule has 1 aliphatic heterocycles. The molecule has 0 radical (unpaired) electrons. The molecule has 1 heterocycles. The third-order valence-electron chi connectivity index (χ3n) is 2.60. The Bertz CT molecular complexity index is 253. The number of amides is 1. The van der Waals surface area contributed by atoms with E-state index in [1.807, 2.05) is 13.8 Å². The first kappa shape index (κ1) is 13.0. The second-order valence-electron chi connectivity index (χ2n) is 4.40. The van der Waals surface area contributed by atoms with Crippen molar-refractivity contribution in [3.05, 3.63) is 12.2 Å². The number of rotatable bonds is 4. The summed E-state index contributed by atoms with van der Waals surface area (Å²) in [6.07, 6.45) is 1.85. The van der Waals surface area contributed by atoms with Crippen molar-refractivity contribution in [1.29, 1.82) is 0 Å². The van der Waals surface area contributed by atoms with Gasteiger partial charge >= 0.3 is 6.09 Å². The highest BCUT2D eigenvalue weighted by Gasteiger charge is 2.21. The van der Waals surface area contributed by atoms with E-state index < -0.39 is 0 Å². The SMILES string of the molecule is C=C(C)CN1CCC[C@H](NC(=O)OCC)C1. The van der Waals surface area contributed by atoms with Crippen LogP contribution in [0.5, 0.6) is 0 Å². The largest absolute Gasteiger partial charge is 0.450 e. The van der Waals surface area contributed by atoms with Crippen molar-refractivity contribution in [2.24, 2.45) is 0 Å². The zero-order valence-corrected chi connectivity index (χ0v) is 10.3. The van der Waals surface area contributed by atoms with Crippen molar-refractivity contribution in [3.63, 3.8) is 0 Å². The Morgan fingerprint density at radius 1 is 1.62 bits per heavy atom. The predicted octanol–water partition coefficient (Wildman–Crippen LogP) is 1.77. The smallest absolute Gasteiger partial charge is 0.407 e. The highest BCUT2D eigenvalue weighted by molar-refractivity contribution is 5.67. The minimum Gasteiger partial charge on any atom is -0.450 e. The number of ether oxygens (including phenoxy) is 1. The van der Waals surface area contributed by atoms with Gasteiger partial charge in [0.25, 0.3) is 0 Å². The highest BCUT2D eigenvalue weighted by Crippen LogP contribution is 2.11. The standard InChI is InChI=1S/C12H22N2O2/c1-4-16-12(15)13-11-6-5-7-14(9-11)8-10(2)3/h11H,2,4-9H2,1,3H3,(H,13,15)/t11-/m0/s1. The number of carbonyl (C=O) groups is 1. The normalized spacial score (nSPS) is 21.5. The fraction of sp³-hybridized carbons (Fsp3) is 0.750. The van der Waals surface area contributed by atoms with E-state index in [1.165, 1.54) is 0 Å². The van der Waals surface area contributed by atoms with Crippen molar-refractivity contribution in [3.8, 4) is 0 Å². The molecule has 0 aromatic rings. The molecule has 92 valence electrons. The average Bonchev–Trinajstić information content (AvgIpc) is 2.17. The quantitative estimate of drug-likeness (QED) is 0.743. The molecule has 0 bridgehead atoms. The minimum atomic E-state index is -0.301. The van der Waals surface area contributed by atoms with Crippen LogP contribution in [0.25, 0.3) is 0 Å². The first-order valence-corrected chi connectivity index (χ1v) is 5.91. The van der Waals surface area contributed by atoms with Gasteiger partial charge in [0, 0.05) is 19.1 Å². The molecule has 1 N–H and O–H groups in total. The molecule has 0 aromatic carbocycles. The Hall–Kier alpha value is -1.03. The lowest BCUT2D eigenvalue weighted by atomic mass is 10.1. The Morgan fingerprint density at radius 2 is 2.38 bits per heavy atom. The van der Waals surface area contributed by atoms with E-state index in [-0.39, 0.29) is 12.1 Å². The van der Waals surface area contributed by atoms with Crippen LogP contribution in [0, 0.1) is 0 Å². The number of hydrogen-bond acceptors (Lipinski definition) is 3. The Balaban J connectivity index is 2.32. The molecule has 1 saturated heterocycles. The van der Waals surface area contributed by atoms with Crippen LogP contribution in [0.4, 0.5) is 4.79 Å². The first-order valence-electron chi connectivity index (χ1n) is 5.91. The van der Waals surface area contributed by atoms with Crippen LogP contribution in [-0.2, 0) is 4.74 Å². The second kappa shape index (κ2) is 6.53. The summed E-state index contributed by atoms with van der Waals surface area (Å²) in [5, 5.41) is 2.89. The van der Waals surface area contributed by atoms with Crippen molar-refractivity contribution in [2.45, 2.75) is 32.7 Å². The lowest BCUT2D eigenvalue weighted by Gasteiger charge is -2.32. The lowest BCUT2D eigenvalue weighted by molar-refractivity contribution is 0.136. The van der Waals surface area contributed by atoms with Crippen LogP contribution >= 0.6 is 0 Å². The van der Waals surface area contributed by atoms with Crippen LogP contribution in [0.2, 0.25) is 0 Å². The molecule has 4 heteroatoms. The lowest BCUT2D eigenvalue weighted by Crippen LogP contribution is -2.48. The molecule has 1 atom stereocenters. The molecule has 0 spiro atoms. The molecule has 16 heavy (non-hydrogen) atoms. The number of piperidine rings is 1. The number of nitrogens with zero attached hydrogens (tertiary/aromatic N) is 1. The summed E-state index contributed by atoms with van der Waals surface area (Å²) < 4.78 is 4.87. The van der Waals surface area contributed by atoms with Gasteiger partial charge in [-0.1, -0.05) is 12.2 Å². The van der Waals surface area contributed by atoms with Crippen molar-refractivity contribution < 1.29 is 9.53 Å². The van der Waals surface area contributed by atoms with E-state index in [2.05, 4.69) is 16.8 Å².